The number of aromatic nitrogens is 2. The zero-order chi connectivity index (χ0) is 17.7. The monoisotopic (exact) mass is 377 g/mol. The first-order valence-corrected chi connectivity index (χ1v) is 9.67. The van der Waals surface area contributed by atoms with Crippen molar-refractivity contribution in [2.75, 3.05) is 25.0 Å². The summed E-state index contributed by atoms with van der Waals surface area (Å²) in [4.78, 5) is 24.1. The Bertz CT molecular complexity index is 696. The minimum absolute atomic E-state index is 0.125. The van der Waals surface area contributed by atoms with Gasteiger partial charge in [0.25, 0.3) is 10.0 Å². The number of anilines is 1. The topological polar surface area (TPSA) is 131 Å². The van der Waals surface area contributed by atoms with E-state index in [4.69, 9.17) is 4.74 Å². The van der Waals surface area contributed by atoms with E-state index in [0.29, 0.717) is 32.5 Å². The van der Waals surface area contributed by atoms with Crippen molar-refractivity contribution in [1.29, 1.82) is 0 Å². The second-order valence-corrected chi connectivity index (χ2v) is 8.00. The van der Waals surface area contributed by atoms with Crippen molar-refractivity contribution in [1.82, 2.24) is 19.8 Å². The average molecular weight is 377 g/mol. The van der Waals surface area contributed by atoms with Crippen molar-refractivity contribution in [3.8, 4) is 0 Å². The molecule has 1 fully saturated rings. The van der Waals surface area contributed by atoms with Gasteiger partial charge in [0.1, 0.15) is 0 Å². The SMILES string of the molecule is CCOC(=O)N1CCC(NS(=O)(=O)c2nnc(NC(C)=O)s2)CC1. The van der Waals surface area contributed by atoms with Crippen molar-refractivity contribution < 1.29 is 22.7 Å². The summed E-state index contributed by atoms with van der Waals surface area (Å²) in [6.07, 6.45) is 0.577. The molecule has 0 atom stereocenters. The van der Waals surface area contributed by atoms with Gasteiger partial charge in [-0.15, -0.1) is 10.2 Å². The normalized spacial score (nSPS) is 16.0. The maximum Gasteiger partial charge on any atom is 0.409 e. The van der Waals surface area contributed by atoms with Crippen LogP contribution in [0.1, 0.15) is 26.7 Å². The molecule has 2 amide bonds. The fourth-order valence-corrected chi connectivity index (χ4v) is 4.45. The van der Waals surface area contributed by atoms with Crippen LogP contribution in [0.3, 0.4) is 0 Å². The Kier molecular flexibility index (Phi) is 6.07. The van der Waals surface area contributed by atoms with Gasteiger partial charge in [0.2, 0.25) is 15.4 Å². The molecular weight excluding hydrogens is 358 g/mol. The number of amides is 2. The number of sulfonamides is 1. The van der Waals surface area contributed by atoms with Crippen molar-refractivity contribution in [3.63, 3.8) is 0 Å². The molecule has 1 aliphatic rings. The Balaban J connectivity index is 1.92. The average Bonchev–Trinajstić information content (AvgIpc) is 2.96. The lowest BCUT2D eigenvalue weighted by atomic mass is 10.1. The van der Waals surface area contributed by atoms with Crippen molar-refractivity contribution in [3.05, 3.63) is 0 Å². The van der Waals surface area contributed by atoms with E-state index in [9.17, 15) is 18.0 Å². The molecule has 0 bridgehead atoms. The Morgan fingerprint density at radius 3 is 2.58 bits per heavy atom. The Morgan fingerprint density at radius 2 is 2.00 bits per heavy atom. The molecular formula is C12H19N5O5S2. The number of piperidine rings is 1. The quantitative estimate of drug-likeness (QED) is 0.710. The predicted molar refractivity (Wildman–Crippen MR) is 86.2 cm³/mol. The van der Waals surface area contributed by atoms with E-state index in [-0.39, 0.29) is 27.5 Å². The Labute approximate surface area is 143 Å². The smallest absolute Gasteiger partial charge is 0.409 e. The van der Waals surface area contributed by atoms with Crippen LogP contribution in [0, 0.1) is 0 Å². The van der Waals surface area contributed by atoms with Gasteiger partial charge in [0, 0.05) is 26.1 Å². The number of rotatable bonds is 5. The zero-order valence-corrected chi connectivity index (χ0v) is 14.9. The van der Waals surface area contributed by atoms with Crippen molar-refractivity contribution in [2.24, 2.45) is 0 Å². The second kappa shape index (κ2) is 7.85. The van der Waals surface area contributed by atoms with Crippen LogP contribution in [0.5, 0.6) is 0 Å². The largest absolute Gasteiger partial charge is 0.450 e. The number of nitrogens with one attached hydrogen (secondary N) is 2. The number of carbonyl (C=O) groups is 2. The van der Waals surface area contributed by atoms with Gasteiger partial charge in [-0.25, -0.2) is 17.9 Å². The molecule has 0 saturated carbocycles. The van der Waals surface area contributed by atoms with E-state index >= 15 is 0 Å². The van der Waals surface area contributed by atoms with Gasteiger partial charge in [0.05, 0.1) is 6.61 Å². The van der Waals surface area contributed by atoms with Crippen LogP contribution < -0.4 is 10.0 Å². The molecule has 24 heavy (non-hydrogen) atoms. The van der Waals surface area contributed by atoms with Crippen LogP contribution in [0.25, 0.3) is 0 Å². The Hall–Kier alpha value is -1.79. The molecule has 1 aromatic rings. The van der Waals surface area contributed by atoms with Crippen LogP contribution in [0.2, 0.25) is 0 Å². The van der Waals surface area contributed by atoms with Gasteiger partial charge < -0.3 is 15.0 Å². The molecule has 2 rings (SSSR count). The van der Waals surface area contributed by atoms with E-state index in [2.05, 4.69) is 20.2 Å². The maximum atomic E-state index is 12.3. The summed E-state index contributed by atoms with van der Waals surface area (Å²) in [6.45, 7) is 4.17. The zero-order valence-electron chi connectivity index (χ0n) is 13.3. The molecule has 10 nitrogen and oxygen atoms in total. The minimum Gasteiger partial charge on any atom is -0.450 e. The van der Waals surface area contributed by atoms with E-state index in [1.807, 2.05) is 0 Å². The Morgan fingerprint density at radius 1 is 1.33 bits per heavy atom. The number of hydrogen-bond acceptors (Lipinski definition) is 8. The van der Waals surface area contributed by atoms with Gasteiger partial charge in [-0.05, 0) is 19.8 Å². The van der Waals surface area contributed by atoms with Crippen LogP contribution in [-0.2, 0) is 19.6 Å². The van der Waals surface area contributed by atoms with Gasteiger partial charge in [-0.3, -0.25) is 4.79 Å². The molecule has 12 heteroatoms. The van der Waals surface area contributed by atoms with E-state index in [1.165, 1.54) is 6.92 Å². The highest BCUT2D eigenvalue weighted by molar-refractivity contribution is 7.91. The summed E-state index contributed by atoms with van der Waals surface area (Å²) in [6, 6.07) is -0.297. The van der Waals surface area contributed by atoms with E-state index < -0.39 is 10.0 Å². The van der Waals surface area contributed by atoms with E-state index in [0.717, 1.165) is 11.3 Å². The lowest BCUT2D eigenvalue weighted by molar-refractivity contribution is -0.114. The molecule has 0 aromatic carbocycles. The minimum atomic E-state index is -3.81. The highest BCUT2D eigenvalue weighted by Crippen LogP contribution is 2.21. The third-order valence-electron chi connectivity index (χ3n) is 3.26. The first kappa shape index (κ1) is 18.5. The molecule has 0 spiro atoms. The summed E-state index contributed by atoms with van der Waals surface area (Å²) in [7, 11) is -3.81. The lowest BCUT2D eigenvalue weighted by Crippen LogP contribution is -2.46. The van der Waals surface area contributed by atoms with Gasteiger partial charge in [0.15, 0.2) is 0 Å². The first-order chi connectivity index (χ1) is 11.3. The molecule has 0 unspecified atom stereocenters. The standard InChI is InChI=1S/C12H19N5O5S2/c1-3-22-12(19)17-6-4-9(5-7-17)16-24(20,21)11-15-14-10(23-11)13-8(2)18/h9,16H,3-7H2,1-2H3,(H,13,14,18). The summed E-state index contributed by atoms with van der Waals surface area (Å²) in [5.41, 5.74) is 0. The van der Waals surface area contributed by atoms with Gasteiger partial charge in [-0.1, -0.05) is 11.3 Å². The van der Waals surface area contributed by atoms with Crippen LogP contribution in [0.15, 0.2) is 4.34 Å². The summed E-state index contributed by atoms with van der Waals surface area (Å²) >= 11 is 0.780. The summed E-state index contributed by atoms with van der Waals surface area (Å²) in [5, 5.41) is 9.72. The molecule has 1 aliphatic heterocycles. The van der Waals surface area contributed by atoms with E-state index in [1.54, 1.807) is 11.8 Å². The number of likely N-dealkylation sites (tertiary alicyclic amines) is 1. The number of ether oxygens (including phenoxy) is 1. The maximum absolute atomic E-state index is 12.3. The number of hydrogen-bond donors (Lipinski definition) is 2. The highest BCUT2D eigenvalue weighted by Gasteiger charge is 2.29. The molecule has 134 valence electrons. The number of nitrogens with zero attached hydrogens (tertiary/aromatic N) is 3. The number of carbonyl (C=O) groups excluding carboxylic acids is 2. The summed E-state index contributed by atoms with van der Waals surface area (Å²) in [5.74, 6) is -0.352. The molecule has 0 radical (unpaired) electrons. The first-order valence-electron chi connectivity index (χ1n) is 7.37. The van der Waals surface area contributed by atoms with Crippen LogP contribution in [-0.4, -0.2) is 61.3 Å². The second-order valence-electron chi connectivity index (χ2n) is 5.14. The lowest BCUT2D eigenvalue weighted by Gasteiger charge is -2.31. The molecule has 2 heterocycles. The summed E-state index contributed by atoms with van der Waals surface area (Å²) < 4.78 is 31.9. The molecule has 0 aliphatic carbocycles. The molecule has 2 N–H and O–H groups in total. The van der Waals surface area contributed by atoms with Gasteiger partial charge in [-0.2, -0.15) is 0 Å². The van der Waals surface area contributed by atoms with Crippen molar-refractivity contribution in [2.45, 2.75) is 37.1 Å². The van der Waals surface area contributed by atoms with Gasteiger partial charge >= 0.3 is 6.09 Å². The highest BCUT2D eigenvalue weighted by atomic mass is 32.2. The van der Waals surface area contributed by atoms with Crippen molar-refractivity contribution >= 4 is 38.5 Å². The predicted octanol–water partition coefficient (Wildman–Crippen LogP) is 0.396. The molecule has 1 saturated heterocycles. The molecule has 1 aromatic heterocycles. The fraction of sp³-hybridized carbons (Fsp3) is 0.667. The third-order valence-corrected chi connectivity index (χ3v) is 5.99. The van der Waals surface area contributed by atoms with Crippen LogP contribution >= 0.6 is 11.3 Å². The van der Waals surface area contributed by atoms with Crippen LogP contribution in [0.4, 0.5) is 9.93 Å². The third kappa shape index (κ3) is 4.85. The fourth-order valence-electron chi connectivity index (χ4n) is 2.18.